The third-order valence-electron chi connectivity index (χ3n) is 2.54. The predicted octanol–water partition coefficient (Wildman–Crippen LogP) is 2.50. The lowest BCUT2D eigenvalue weighted by atomic mass is 10.0. The van der Waals surface area contributed by atoms with Crippen LogP contribution in [0.15, 0.2) is 30.3 Å². The quantitative estimate of drug-likeness (QED) is 0.751. The van der Waals surface area contributed by atoms with Crippen LogP contribution in [0.3, 0.4) is 0 Å². The summed E-state index contributed by atoms with van der Waals surface area (Å²) in [5.41, 5.74) is 1.31. The molecule has 0 aliphatic heterocycles. The van der Waals surface area contributed by atoms with Crippen LogP contribution in [0.2, 0.25) is 0 Å². The van der Waals surface area contributed by atoms with Crippen LogP contribution in [-0.2, 0) is 0 Å². The maximum absolute atomic E-state index is 9.04. The first-order valence-corrected chi connectivity index (χ1v) is 5.69. The van der Waals surface area contributed by atoms with E-state index in [9.17, 15) is 0 Å². The van der Waals surface area contributed by atoms with Gasteiger partial charge in [0.25, 0.3) is 0 Å². The summed E-state index contributed by atoms with van der Waals surface area (Å²) in [5.74, 6) is 0. The van der Waals surface area contributed by atoms with Crippen LogP contribution in [-0.4, -0.2) is 17.8 Å². The fourth-order valence-corrected chi connectivity index (χ4v) is 1.72. The average molecular weight is 207 g/mol. The molecule has 84 valence electrons. The molecule has 0 aliphatic rings. The Kier molecular flexibility index (Phi) is 5.37. The standard InChI is InChI=1S/C13H21NO/c1-3-7-13(14-11(2)10-15)12-8-5-4-6-9-12/h4-6,8-9,11,13-15H,3,7,10H2,1-2H3/t11-,13?/m0/s1. The smallest absolute Gasteiger partial charge is 0.0582 e. The highest BCUT2D eigenvalue weighted by Gasteiger charge is 2.12. The van der Waals surface area contributed by atoms with E-state index in [4.69, 9.17) is 5.11 Å². The van der Waals surface area contributed by atoms with Crippen LogP contribution in [0.5, 0.6) is 0 Å². The van der Waals surface area contributed by atoms with Crippen LogP contribution in [0.4, 0.5) is 0 Å². The summed E-state index contributed by atoms with van der Waals surface area (Å²) < 4.78 is 0. The van der Waals surface area contributed by atoms with Crippen LogP contribution in [0, 0.1) is 0 Å². The van der Waals surface area contributed by atoms with Crippen molar-refractivity contribution in [3.05, 3.63) is 35.9 Å². The number of hydrogen-bond acceptors (Lipinski definition) is 2. The van der Waals surface area contributed by atoms with Gasteiger partial charge < -0.3 is 10.4 Å². The molecule has 2 nitrogen and oxygen atoms in total. The molecule has 2 atom stereocenters. The van der Waals surface area contributed by atoms with Crippen molar-refractivity contribution >= 4 is 0 Å². The first-order valence-electron chi connectivity index (χ1n) is 5.69. The molecule has 0 saturated carbocycles. The summed E-state index contributed by atoms with van der Waals surface area (Å²) in [6.07, 6.45) is 2.25. The van der Waals surface area contributed by atoms with Gasteiger partial charge in [-0.25, -0.2) is 0 Å². The number of aliphatic hydroxyl groups excluding tert-OH is 1. The average Bonchev–Trinajstić information content (AvgIpc) is 2.29. The SMILES string of the molecule is CCCC(N[C@@H](C)CO)c1ccccc1. The lowest BCUT2D eigenvalue weighted by molar-refractivity contribution is 0.238. The van der Waals surface area contributed by atoms with Gasteiger partial charge in [-0.1, -0.05) is 43.7 Å². The Morgan fingerprint density at radius 1 is 1.27 bits per heavy atom. The van der Waals surface area contributed by atoms with E-state index in [2.05, 4.69) is 36.5 Å². The fourth-order valence-electron chi connectivity index (χ4n) is 1.72. The number of benzene rings is 1. The highest BCUT2D eigenvalue weighted by molar-refractivity contribution is 5.18. The monoisotopic (exact) mass is 207 g/mol. The van der Waals surface area contributed by atoms with Gasteiger partial charge >= 0.3 is 0 Å². The summed E-state index contributed by atoms with van der Waals surface area (Å²) in [6.45, 7) is 4.37. The number of hydrogen-bond donors (Lipinski definition) is 2. The molecule has 15 heavy (non-hydrogen) atoms. The second-order valence-corrected chi connectivity index (χ2v) is 4.00. The Bertz CT molecular complexity index is 260. The molecule has 1 unspecified atom stereocenters. The molecule has 0 bridgehead atoms. The predicted molar refractivity (Wildman–Crippen MR) is 63.8 cm³/mol. The highest BCUT2D eigenvalue weighted by Crippen LogP contribution is 2.18. The molecule has 0 aromatic heterocycles. The van der Waals surface area contributed by atoms with Crippen molar-refractivity contribution in [2.24, 2.45) is 0 Å². The van der Waals surface area contributed by atoms with Gasteiger partial charge in [-0.2, -0.15) is 0 Å². The van der Waals surface area contributed by atoms with Crippen molar-refractivity contribution in [1.29, 1.82) is 0 Å². The zero-order chi connectivity index (χ0) is 11.1. The van der Waals surface area contributed by atoms with Crippen molar-refractivity contribution in [1.82, 2.24) is 5.32 Å². The van der Waals surface area contributed by atoms with E-state index in [1.807, 2.05) is 13.0 Å². The van der Waals surface area contributed by atoms with E-state index in [-0.39, 0.29) is 12.6 Å². The minimum atomic E-state index is 0.154. The van der Waals surface area contributed by atoms with Crippen molar-refractivity contribution in [3.63, 3.8) is 0 Å². The second-order valence-electron chi connectivity index (χ2n) is 4.00. The van der Waals surface area contributed by atoms with E-state index in [1.54, 1.807) is 0 Å². The van der Waals surface area contributed by atoms with Crippen molar-refractivity contribution in [2.75, 3.05) is 6.61 Å². The lowest BCUT2D eigenvalue weighted by Gasteiger charge is -2.22. The van der Waals surface area contributed by atoms with Gasteiger partial charge in [-0.15, -0.1) is 0 Å². The van der Waals surface area contributed by atoms with Crippen LogP contribution in [0.1, 0.15) is 38.3 Å². The van der Waals surface area contributed by atoms with Gasteiger partial charge in [-0.05, 0) is 18.9 Å². The lowest BCUT2D eigenvalue weighted by Crippen LogP contribution is -2.33. The van der Waals surface area contributed by atoms with E-state index in [0.717, 1.165) is 12.8 Å². The van der Waals surface area contributed by atoms with Crippen molar-refractivity contribution in [2.45, 2.75) is 38.8 Å². The minimum absolute atomic E-state index is 0.154. The number of rotatable bonds is 6. The molecule has 2 N–H and O–H groups in total. The molecular formula is C13H21NO. The Labute approximate surface area is 92.3 Å². The summed E-state index contributed by atoms with van der Waals surface area (Å²) in [6, 6.07) is 10.9. The van der Waals surface area contributed by atoms with E-state index in [1.165, 1.54) is 5.56 Å². The molecule has 0 amide bonds. The molecule has 0 spiro atoms. The van der Waals surface area contributed by atoms with Gasteiger partial charge in [-0.3, -0.25) is 0 Å². The fraction of sp³-hybridized carbons (Fsp3) is 0.538. The largest absolute Gasteiger partial charge is 0.395 e. The molecule has 0 radical (unpaired) electrons. The van der Waals surface area contributed by atoms with Crippen LogP contribution >= 0.6 is 0 Å². The highest BCUT2D eigenvalue weighted by atomic mass is 16.3. The maximum atomic E-state index is 9.04. The summed E-state index contributed by atoms with van der Waals surface area (Å²) in [7, 11) is 0. The van der Waals surface area contributed by atoms with Crippen molar-refractivity contribution < 1.29 is 5.11 Å². The van der Waals surface area contributed by atoms with Gasteiger partial charge in [0.15, 0.2) is 0 Å². The Morgan fingerprint density at radius 3 is 2.47 bits per heavy atom. The third-order valence-corrected chi connectivity index (χ3v) is 2.54. The van der Waals surface area contributed by atoms with Gasteiger partial charge in [0.05, 0.1) is 6.61 Å². The first kappa shape index (κ1) is 12.2. The molecule has 0 saturated heterocycles. The Hall–Kier alpha value is -0.860. The van der Waals surface area contributed by atoms with E-state index >= 15 is 0 Å². The van der Waals surface area contributed by atoms with Crippen LogP contribution < -0.4 is 5.32 Å². The molecule has 0 fully saturated rings. The molecule has 0 aliphatic carbocycles. The molecular weight excluding hydrogens is 186 g/mol. The van der Waals surface area contributed by atoms with E-state index in [0.29, 0.717) is 6.04 Å². The second kappa shape index (κ2) is 6.59. The van der Waals surface area contributed by atoms with Gasteiger partial charge in [0.2, 0.25) is 0 Å². The molecule has 1 rings (SSSR count). The van der Waals surface area contributed by atoms with Crippen LogP contribution in [0.25, 0.3) is 0 Å². The summed E-state index contributed by atoms with van der Waals surface area (Å²) in [5, 5.41) is 12.5. The Balaban J connectivity index is 2.65. The van der Waals surface area contributed by atoms with Gasteiger partial charge in [0.1, 0.15) is 0 Å². The molecule has 1 aromatic carbocycles. The normalized spacial score (nSPS) is 14.9. The summed E-state index contributed by atoms with van der Waals surface area (Å²) >= 11 is 0. The minimum Gasteiger partial charge on any atom is -0.395 e. The van der Waals surface area contributed by atoms with Gasteiger partial charge in [0, 0.05) is 12.1 Å². The molecule has 0 heterocycles. The number of nitrogens with one attached hydrogen (secondary N) is 1. The summed E-state index contributed by atoms with van der Waals surface area (Å²) in [4.78, 5) is 0. The Morgan fingerprint density at radius 2 is 1.93 bits per heavy atom. The van der Waals surface area contributed by atoms with E-state index < -0.39 is 0 Å². The maximum Gasteiger partial charge on any atom is 0.0582 e. The van der Waals surface area contributed by atoms with Crippen molar-refractivity contribution in [3.8, 4) is 0 Å². The zero-order valence-electron chi connectivity index (χ0n) is 9.61. The molecule has 1 aromatic rings. The topological polar surface area (TPSA) is 32.3 Å². The molecule has 2 heteroatoms. The first-order chi connectivity index (χ1) is 7.27. The number of aliphatic hydroxyl groups is 1. The zero-order valence-corrected chi connectivity index (χ0v) is 9.61. The third kappa shape index (κ3) is 4.02.